The summed E-state index contributed by atoms with van der Waals surface area (Å²) in [7, 11) is 0. The van der Waals surface area contributed by atoms with E-state index in [9.17, 15) is 14.0 Å². The van der Waals surface area contributed by atoms with E-state index in [1.165, 1.54) is 18.2 Å². The minimum Gasteiger partial charge on any atom is -0.336 e. The van der Waals surface area contributed by atoms with Gasteiger partial charge in [-0.25, -0.2) is 4.39 Å². The predicted octanol–water partition coefficient (Wildman–Crippen LogP) is 1.27. The van der Waals surface area contributed by atoms with E-state index in [0.29, 0.717) is 31.6 Å². The van der Waals surface area contributed by atoms with Gasteiger partial charge in [-0.2, -0.15) is 0 Å². The van der Waals surface area contributed by atoms with Gasteiger partial charge in [0, 0.05) is 37.7 Å². The molecule has 0 radical (unpaired) electrons. The van der Waals surface area contributed by atoms with Crippen molar-refractivity contribution in [1.29, 1.82) is 0 Å². The lowest BCUT2D eigenvalue weighted by Gasteiger charge is -2.37. The normalized spacial score (nSPS) is 22.6. The molecule has 2 amide bonds. The zero-order chi connectivity index (χ0) is 13.4. The van der Waals surface area contributed by atoms with Crippen molar-refractivity contribution in [3.63, 3.8) is 0 Å². The molecular weight excluding hydrogens is 247 g/mol. The van der Waals surface area contributed by atoms with Crippen LogP contribution in [0.1, 0.15) is 23.2 Å². The number of nitrogens with zero attached hydrogens (tertiary/aromatic N) is 2. The molecule has 1 aromatic rings. The Morgan fingerprint density at radius 3 is 2.95 bits per heavy atom. The maximum Gasteiger partial charge on any atom is 0.254 e. The fourth-order valence-corrected chi connectivity index (χ4v) is 2.85. The van der Waals surface area contributed by atoms with Gasteiger partial charge in [-0.15, -0.1) is 0 Å². The van der Waals surface area contributed by atoms with Crippen LogP contribution in [0.4, 0.5) is 4.39 Å². The first-order valence-electron chi connectivity index (χ1n) is 6.49. The maximum atomic E-state index is 13.1. The average molecular weight is 262 g/mol. The van der Waals surface area contributed by atoms with Gasteiger partial charge in [-0.1, -0.05) is 6.07 Å². The number of rotatable bonds is 1. The van der Waals surface area contributed by atoms with Crippen molar-refractivity contribution in [2.45, 2.75) is 18.9 Å². The van der Waals surface area contributed by atoms with Crippen LogP contribution >= 0.6 is 0 Å². The first kappa shape index (κ1) is 12.1. The molecule has 2 fully saturated rings. The highest BCUT2D eigenvalue weighted by atomic mass is 19.1. The van der Waals surface area contributed by atoms with Gasteiger partial charge in [0.25, 0.3) is 5.91 Å². The highest BCUT2D eigenvalue weighted by Crippen LogP contribution is 2.23. The molecule has 5 heteroatoms. The average Bonchev–Trinajstić information content (AvgIpc) is 2.79. The molecule has 0 unspecified atom stereocenters. The number of halogens is 1. The Kier molecular flexibility index (Phi) is 2.97. The lowest BCUT2D eigenvalue weighted by molar-refractivity contribution is -0.130. The third-order valence-electron chi connectivity index (χ3n) is 3.85. The van der Waals surface area contributed by atoms with E-state index in [1.54, 1.807) is 11.0 Å². The van der Waals surface area contributed by atoms with Crippen LogP contribution in [0.25, 0.3) is 0 Å². The molecule has 0 N–H and O–H groups in total. The minimum atomic E-state index is -0.402. The molecule has 0 saturated carbocycles. The highest BCUT2D eigenvalue weighted by Gasteiger charge is 2.36. The molecule has 4 nitrogen and oxygen atoms in total. The molecule has 2 aliphatic heterocycles. The largest absolute Gasteiger partial charge is 0.336 e. The van der Waals surface area contributed by atoms with Crippen LogP contribution in [-0.4, -0.2) is 47.3 Å². The van der Waals surface area contributed by atoms with Gasteiger partial charge in [-0.05, 0) is 24.6 Å². The molecule has 0 aromatic heterocycles. The summed E-state index contributed by atoms with van der Waals surface area (Å²) in [6.45, 7) is 1.67. The molecule has 0 bridgehead atoms. The summed E-state index contributed by atoms with van der Waals surface area (Å²) in [6.07, 6.45) is 1.39. The van der Waals surface area contributed by atoms with Gasteiger partial charge in [-0.3, -0.25) is 9.59 Å². The minimum absolute atomic E-state index is 0.138. The second kappa shape index (κ2) is 4.64. The van der Waals surface area contributed by atoms with E-state index >= 15 is 0 Å². The third kappa shape index (κ3) is 2.20. The van der Waals surface area contributed by atoms with Crippen molar-refractivity contribution in [2.24, 2.45) is 0 Å². The van der Waals surface area contributed by atoms with Gasteiger partial charge in [0.2, 0.25) is 5.91 Å². The number of piperazine rings is 1. The molecule has 2 heterocycles. The summed E-state index contributed by atoms with van der Waals surface area (Å²) in [4.78, 5) is 27.4. The zero-order valence-electron chi connectivity index (χ0n) is 10.5. The SMILES string of the molecule is O=C(c1cccc(F)c1)N1CCN2C(=O)CC[C@@H]2C1. The maximum absolute atomic E-state index is 13.1. The molecular formula is C14H15FN2O2. The van der Waals surface area contributed by atoms with Crippen molar-refractivity contribution in [3.05, 3.63) is 35.6 Å². The highest BCUT2D eigenvalue weighted by molar-refractivity contribution is 5.94. The molecule has 3 rings (SSSR count). The van der Waals surface area contributed by atoms with Crippen LogP contribution in [0.3, 0.4) is 0 Å². The summed E-state index contributed by atoms with van der Waals surface area (Å²) in [5, 5.41) is 0. The standard InChI is InChI=1S/C14H15FN2O2/c15-11-3-1-2-10(8-11)14(19)16-6-7-17-12(9-16)4-5-13(17)18/h1-3,8,12H,4-7,9H2/t12-/m1/s1. The van der Waals surface area contributed by atoms with Crippen LogP contribution in [0, 0.1) is 5.82 Å². The molecule has 2 aliphatic rings. The van der Waals surface area contributed by atoms with Crippen LogP contribution in [-0.2, 0) is 4.79 Å². The molecule has 1 aromatic carbocycles. The van der Waals surface area contributed by atoms with Crippen LogP contribution in [0.15, 0.2) is 24.3 Å². The Hall–Kier alpha value is -1.91. The smallest absolute Gasteiger partial charge is 0.254 e. The second-order valence-electron chi connectivity index (χ2n) is 5.04. The molecule has 19 heavy (non-hydrogen) atoms. The first-order valence-corrected chi connectivity index (χ1v) is 6.49. The van der Waals surface area contributed by atoms with E-state index in [2.05, 4.69) is 0 Å². The summed E-state index contributed by atoms with van der Waals surface area (Å²) in [6, 6.07) is 5.88. The summed E-state index contributed by atoms with van der Waals surface area (Å²) in [5.41, 5.74) is 0.373. The lowest BCUT2D eigenvalue weighted by atomic mass is 10.1. The number of benzene rings is 1. The van der Waals surface area contributed by atoms with Crippen molar-refractivity contribution < 1.29 is 14.0 Å². The molecule has 1 atom stereocenters. The fraction of sp³-hybridized carbons (Fsp3) is 0.429. The molecule has 0 aliphatic carbocycles. The summed E-state index contributed by atoms with van der Waals surface area (Å²) < 4.78 is 13.1. The van der Waals surface area contributed by atoms with E-state index in [4.69, 9.17) is 0 Å². The summed E-state index contributed by atoms with van der Waals surface area (Å²) in [5.74, 6) is -0.373. The van der Waals surface area contributed by atoms with E-state index in [1.807, 2.05) is 4.90 Å². The number of amides is 2. The Balaban J connectivity index is 1.74. The first-order chi connectivity index (χ1) is 9.15. The van der Waals surface area contributed by atoms with Gasteiger partial charge in [0.1, 0.15) is 5.82 Å². The van der Waals surface area contributed by atoms with E-state index < -0.39 is 5.82 Å². The van der Waals surface area contributed by atoms with E-state index in [-0.39, 0.29) is 17.9 Å². The number of carbonyl (C=O) groups is 2. The van der Waals surface area contributed by atoms with Gasteiger partial charge in [0.15, 0.2) is 0 Å². The van der Waals surface area contributed by atoms with Crippen molar-refractivity contribution in [1.82, 2.24) is 9.80 Å². The van der Waals surface area contributed by atoms with Crippen molar-refractivity contribution in [2.75, 3.05) is 19.6 Å². The Bertz CT molecular complexity index is 532. The quantitative estimate of drug-likeness (QED) is 0.764. The number of carbonyl (C=O) groups excluding carboxylic acids is 2. The zero-order valence-corrected chi connectivity index (χ0v) is 10.5. The Morgan fingerprint density at radius 2 is 2.16 bits per heavy atom. The predicted molar refractivity (Wildman–Crippen MR) is 67.0 cm³/mol. The number of hydrogen-bond acceptors (Lipinski definition) is 2. The van der Waals surface area contributed by atoms with Gasteiger partial charge in [0.05, 0.1) is 0 Å². The van der Waals surface area contributed by atoms with Gasteiger partial charge >= 0.3 is 0 Å². The topological polar surface area (TPSA) is 40.6 Å². The Labute approximate surface area is 110 Å². The monoisotopic (exact) mass is 262 g/mol. The van der Waals surface area contributed by atoms with Crippen LogP contribution in [0.2, 0.25) is 0 Å². The van der Waals surface area contributed by atoms with Crippen LogP contribution < -0.4 is 0 Å². The lowest BCUT2D eigenvalue weighted by Crippen LogP contribution is -2.53. The number of hydrogen-bond donors (Lipinski definition) is 0. The fourth-order valence-electron chi connectivity index (χ4n) is 2.85. The molecule has 100 valence electrons. The molecule has 2 saturated heterocycles. The molecule has 0 spiro atoms. The van der Waals surface area contributed by atoms with Gasteiger partial charge < -0.3 is 9.80 Å². The van der Waals surface area contributed by atoms with Crippen molar-refractivity contribution >= 4 is 11.8 Å². The second-order valence-corrected chi connectivity index (χ2v) is 5.04. The van der Waals surface area contributed by atoms with Crippen molar-refractivity contribution in [3.8, 4) is 0 Å². The number of fused-ring (bicyclic) bond motifs is 1. The Morgan fingerprint density at radius 1 is 1.32 bits per heavy atom. The summed E-state index contributed by atoms with van der Waals surface area (Å²) >= 11 is 0. The third-order valence-corrected chi connectivity index (χ3v) is 3.85. The van der Waals surface area contributed by atoms with E-state index in [0.717, 1.165) is 6.42 Å². The van der Waals surface area contributed by atoms with Crippen LogP contribution in [0.5, 0.6) is 0 Å².